The number of aliphatic hydroxyl groups is 1. The number of hydrogen-bond donors (Lipinski definition) is 4. The maximum atomic E-state index is 12.6. The van der Waals surface area contributed by atoms with E-state index in [0.29, 0.717) is 30.2 Å². The molecule has 0 spiro atoms. The topological polar surface area (TPSA) is 138 Å². The quantitative estimate of drug-likeness (QED) is 0.414. The summed E-state index contributed by atoms with van der Waals surface area (Å²) in [4.78, 5) is 31.0. The Hall–Kier alpha value is -3.50. The number of carbonyl (C=O) groups is 2. The number of hydrogen-bond acceptors (Lipinski definition) is 7. The highest BCUT2D eigenvalue weighted by atomic mass is 16.3. The van der Waals surface area contributed by atoms with Gasteiger partial charge >= 0.3 is 6.03 Å². The largest absolute Gasteiger partial charge is 0.385 e. The number of rotatable bonds is 6. The lowest BCUT2D eigenvalue weighted by molar-refractivity contribution is -0.121. The first-order valence-electron chi connectivity index (χ1n) is 12.4. The number of primary amides is 1. The van der Waals surface area contributed by atoms with Crippen LogP contribution in [0.5, 0.6) is 0 Å². The van der Waals surface area contributed by atoms with Crippen molar-refractivity contribution < 1.29 is 14.7 Å². The van der Waals surface area contributed by atoms with E-state index in [0.717, 1.165) is 52.8 Å². The van der Waals surface area contributed by atoms with E-state index in [1.165, 1.54) is 0 Å². The van der Waals surface area contributed by atoms with Crippen LogP contribution in [0.25, 0.3) is 10.9 Å². The molecular weight excluding hydrogens is 458 g/mol. The lowest BCUT2D eigenvalue weighted by Gasteiger charge is -2.48. The number of nitrogens with two attached hydrogens (primary N) is 1. The van der Waals surface area contributed by atoms with Gasteiger partial charge in [0.25, 0.3) is 0 Å². The van der Waals surface area contributed by atoms with Crippen LogP contribution in [0.2, 0.25) is 0 Å². The second-order valence-electron chi connectivity index (χ2n) is 10.1. The third-order valence-electron chi connectivity index (χ3n) is 7.48. The Morgan fingerprint density at radius 2 is 1.92 bits per heavy atom. The van der Waals surface area contributed by atoms with Crippen LogP contribution in [0.15, 0.2) is 36.5 Å². The van der Waals surface area contributed by atoms with E-state index < -0.39 is 11.6 Å². The Kier molecular flexibility index (Phi) is 6.40. The first-order valence-corrected chi connectivity index (χ1v) is 12.4. The van der Waals surface area contributed by atoms with Gasteiger partial charge in [0, 0.05) is 42.0 Å². The van der Waals surface area contributed by atoms with Crippen molar-refractivity contribution in [3.05, 3.63) is 53.3 Å². The number of aryl methyl sites for hydroxylation is 2. The fourth-order valence-corrected chi connectivity index (χ4v) is 5.35. The van der Waals surface area contributed by atoms with Crippen LogP contribution < -0.4 is 16.4 Å². The first kappa shape index (κ1) is 24.2. The summed E-state index contributed by atoms with van der Waals surface area (Å²) in [6.45, 7) is 5.56. The summed E-state index contributed by atoms with van der Waals surface area (Å²) in [6, 6.07) is 9.36. The van der Waals surface area contributed by atoms with Crippen LogP contribution in [0.3, 0.4) is 0 Å². The highest BCUT2D eigenvalue weighted by molar-refractivity contribution is 5.97. The second-order valence-corrected chi connectivity index (χ2v) is 10.1. The lowest BCUT2D eigenvalue weighted by atomic mass is 9.77. The van der Waals surface area contributed by atoms with E-state index in [9.17, 15) is 14.7 Å². The molecule has 2 aliphatic rings. The number of fused-ring (bicyclic) bond motifs is 1. The minimum absolute atomic E-state index is 0.0519. The molecule has 2 aromatic heterocycles. The molecule has 2 amide bonds. The van der Waals surface area contributed by atoms with Gasteiger partial charge in [-0.2, -0.15) is 4.68 Å². The molecule has 3 aromatic rings. The van der Waals surface area contributed by atoms with Crippen molar-refractivity contribution in [1.29, 1.82) is 0 Å². The average molecular weight is 492 g/mol. The van der Waals surface area contributed by atoms with E-state index in [1.54, 1.807) is 12.3 Å². The molecule has 10 heteroatoms. The van der Waals surface area contributed by atoms with Crippen molar-refractivity contribution in [1.82, 2.24) is 25.0 Å². The van der Waals surface area contributed by atoms with Gasteiger partial charge in [-0.05, 0) is 57.7 Å². The van der Waals surface area contributed by atoms with Crippen molar-refractivity contribution in [3.63, 3.8) is 0 Å². The summed E-state index contributed by atoms with van der Waals surface area (Å²) in [5, 5.41) is 22.2. The Morgan fingerprint density at radius 1 is 1.17 bits per heavy atom. The van der Waals surface area contributed by atoms with Gasteiger partial charge in [-0.15, -0.1) is 5.10 Å². The van der Waals surface area contributed by atoms with Crippen LogP contribution in [-0.2, 0) is 10.4 Å². The van der Waals surface area contributed by atoms with Crippen molar-refractivity contribution >= 4 is 28.7 Å². The third kappa shape index (κ3) is 4.78. The minimum Gasteiger partial charge on any atom is -0.385 e. The Bertz CT molecular complexity index is 1270. The van der Waals surface area contributed by atoms with Crippen molar-refractivity contribution in [2.24, 2.45) is 5.73 Å². The molecule has 5 rings (SSSR count). The average Bonchev–Trinajstić information content (AvgIpc) is 3.19. The van der Waals surface area contributed by atoms with Crippen molar-refractivity contribution in [2.45, 2.75) is 57.2 Å². The number of aromatic nitrogens is 3. The molecule has 0 radical (unpaired) electrons. The number of nitrogens with zero attached hydrogens (tertiary/aromatic N) is 4. The second kappa shape index (κ2) is 9.51. The maximum absolute atomic E-state index is 12.6. The molecule has 1 aliphatic carbocycles. The Morgan fingerprint density at radius 3 is 2.58 bits per heavy atom. The molecule has 1 aromatic carbocycles. The molecule has 3 heterocycles. The van der Waals surface area contributed by atoms with Gasteiger partial charge in [0.15, 0.2) is 5.82 Å². The molecule has 0 unspecified atom stereocenters. The summed E-state index contributed by atoms with van der Waals surface area (Å²) in [5.41, 5.74) is 8.10. The fourth-order valence-electron chi connectivity index (χ4n) is 5.35. The van der Waals surface area contributed by atoms with Gasteiger partial charge in [0.05, 0.1) is 23.7 Å². The lowest BCUT2D eigenvalue weighted by Crippen LogP contribution is -2.63. The van der Waals surface area contributed by atoms with Crippen LogP contribution in [0, 0.1) is 13.8 Å². The summed E-state index contributed by atoms with van der Waals surface area (Å²) in [5.74, 6) is 0.329. The summed E-state index contributed by atoms with van der Waals surface area (Å²) < 4.78 is 1.14. The van der Waals surface area contributed by atoms with E-state index in [2.05, 4.69) is 25.6 Å². The minimum atomic E-state index is -0.800. The van der Waals surface area contributed by atoms with Gasteiger partial charge in [-0.25, -0.2) is 4.79 Å². The fraction of sp³-hybridized carbons (Fsp3) is 0.462. The zero-order chi connectivity index (χ0) is 25.4. The Labute approximate surface area is 209 Å². The number of carbonyl (C=O) groups excluding carboxylic acids is 2. The Balaban J connectivity index is 1.09. The molecule has 1 aliphatic heterocycles. The van der Waals surface area contributed by atoms with Gasteiger partial charge in [-0.3, -0.25) is 14.7 Å². The molecule has 1 saturated carbocycles. The van der Waals surface area contributed by atoms with Crippen LogP contribution >= 0.6 is 0 Å². The van der Waals surface area contributed by atoms with Gasteiger partial charge in [0.2, 0.25) is 5.91 Å². The van der Waals surface area contributed by atoms with Crippen LogP contribution in [0.4, 0.5) is 10.6 Å². The van der Waals surface area contributed by atoms with Gasteiger partial charge < -0.3 is 21.5 Å². The third-order valence-corrected chi connectivity index (χ3v) is 7.48. The number of likely N-dealkylation sites (tertiary alicyclic amines) is 1. The monoisotopic (exact) mass is 491 g/mol. The SMILES string of the molecule is Cc1ccc2c(c1)c(NCC(=O)NC1CN(C3CCC(O)(c4ccc(C)nc4)CC3)C1)nn2C(N)=O. The number of amides is 2. The number of anilines is 1. The van der Waals surface area contributed by atoms with Crippen LogP contribution in [-0.4, -0.2) is 68.4 Å². The smallest absolute Gasteiger partial charge is 0.340 e. The van der Waals surface area contributed by atoms with E-state index in [-0.39, 0.29) is 18.5 Å². The predicted molar refractivity (Wildman–Crippen MR) is 137 cm³/mol. The molecule has 10 nitrogen and oxygen atoms in total. The van der Waals surface area contributed by atoms with Gasteiger partial charge in [0.1, 0.15) is 0 Å². The number of benzene rings is 1. The van der Waals surface area contributed by atoms with E-state index in [4.69, 9.17) is 5.73 Å². The van der Waals surface area contributed by atoms with Crippen molar-refractivity contribution in [3.8, 4) is 0 Å². The predicted octanol–water partition coefficient (Wildman–Crippen LogP) is 2.02. The maximum Gasteiger partial charge on any atom is 0.340 e. The summed E-state index contributed by atoms with van der Waals surface area (Å²) >= 11 is 0. The standard InChI is InChI=1S/C26H33N7O3/c1-16-3-6-22-21(11-16)24(31-33(22)25(27)35)29-13-23(34)30-19-14-32(15-19)20-7-9-26(36,10-8-20)18-5-4-17(2)28-12-18/h3-6,11-12,19-20,36H,7-10,13-15H2,1-2H3,(H2,27,35)(H,29,31)(H,30,34). The highest BCUT2D eigenvalue weighted by Crippen LogP contribution is 2.39. The molecule has 1 saturated heterocycles. The van der Waals surface area contributed by atoms with E-state index in [1.807, 2.05) is 38.1 Å². The zero-order valence-corrected chi connectivity index (χ0v) is 20.7. The number of pyridine rings is 1. The van der Waals surface area contributed by atoms with Crippen LogP contribution in [0.1, 0.15) is 42.5 Å². The normalized spacial score (nSPS) is 22.8. The van der Waals surface area contributed by atoms with Gasteiger partial charge in [-0.1, -0.05) is 17.7 Å². The van der Waals surface area contributed by atoms with E-state index >= 15 is 0 Å². The number of nitrogens with one attached hydrogen (secondary N) is 2. The molecular formula is C26H33N7O3. The summed E-state index contributed by atoms with van der Waals surface area (Å²) in [6.07, 6.45) is 5.06. The summed E-state index contributed by atoms with van der Waals surface area (Å²) in [7, 11) is 0. The first-order chi connectivity index (χ1) is 17.2. The highest BCUT2D eigenvalue weighted by Gasteiger charge is 2.40. The molecule has 0 bridgehead atoms. The molecule has 5 N–H and O–H groups in total. The molecule has 2 fully saturated rings. The molecule has 36 heavy (non-hydrogen) atoms. The molecule has 0 atom stereocenters. The molecule has 190 valence electrons. The van der Waals surface area contributed by atoms with Crippen molar-refractivity contribution in [2.75, 3.05) is 25.0 Å². The zero-order valence-electron chi connectivity index (χ0n) is 20.7.